The van der Waals surface area contributed by atoms with Gasteiger partial charge in [0, 0.05) is 25.6 Å². The van der Waals surface area contributed by atoms with Gasteiger partial charge in [-0.1, -0.05) is 12.2 Å². The van der Waals surface area contributed by atoms with Gasteiger partial charge in [-0.2, -0.15) is 9.97 Å². The van der Waals surface area contributed by atoms with E-state index in [9.17, 15) is 5.11 Å². The first kappa shape index (κ1) is 13.5. The van der Waals surface area contributed by atoms with Crippen molar-refractivity contribution in [2.24, 2.45) is 5.92 Å². The highest BCUT2D eigenvalue weighted by Gasteiger charge is 2.25. The first-order valence-electron chi connectivity index (χ1n) is 7.80. The predicted octanol–water partition coefficient (Wildman–Crippen LogP) is 1.12. The molecule has 0 amide bonds. The van der Waals surface area contributed by atoms with Crippen LogP contribution in [0.3, 0.4) is 0 Å². The minimum Gasteiger partial charge on any atom is -0.396 e. The highest BCUT2D eigenvalue weighted by Crippen LogP contribution is 2.32. The predicted molar refractivity (Wildman–Crippen MR) is 84.6 cm³/mol. The largest absolute Gasteiger partial charge is 0.396 e. The third kappa shape index (κ3) is 2.12. The zero-order chi connectivity index (χ0) is 15.1. The summed E-state index contributed by atoms with van der Waals surface area (Å²) < 4.78 is 2.04. The van der Waals surface area contributed by atoms with Gasteiger partial charge in [-0.05, 0) is 19.3 Å². The minimum atomic E-state index is 0.169. The van der Waals surface area contributed by atoms with Crippen LogP contribution in [0.25, 0.3) is 11.2 Å². The van der Waals surface area contributed by atoms with Gasteiger partial charge in [0.15, 0.2) is 17.0 Å². The number of nitrogens with two attached hydrogens (primary N) is 1. The molecular weight excluding hydrogens is 280 g/mol. The van der Waals surface area contributed by atoms with E-state index >= 15 is 0 Å². The van der Waals surface area contributed by atoms with E-state index in [0.29, 0.717) is 0 Å². The van der Waals surface area contributed by atoms with E-state index < -0.39 is 0 Å². The lowest BCUT2D eigenvalue weighted by Gasteiger charge is -2.17. The highest BCUT2D eigenvalue weighted by atomic mass is 16.3. The van der Waals surface area contributed by atoms with Crippen molar-refractivity contribution >= 4 is 22.9 Å². The van der Waals surface area contributed by atoms with E-state index in [4.69, 9.17) is 5.73 Å². The third-order valence-electron chi connectivity index (χ3n) is 4.57. The molecule has 7 nitrogen and oxygen atoms in total. The van der Waals surface area contributed by atoms with Crippen LogP contribution in [-0.4, -0.2) is 44.3 Å². The Morgan fingerprint density at radius 2 is 2.05 bits per heavy atom. The van der Waals surface area contributed by atoms with E-state index in [2.05, 4.69) is 32.0 Å². The smallest absolute Gasteiger partial charge is 0.224 e. The number of aliphatic hydroxyl groups is 1. The third-order valence-corrected chi connectivity index (χ3v) is 4.57. The Morgan fingerprint density at radius 3 is 2.77 bits per heavy atom. The number of fused-ring (bicyclic) bond motifs is 1. The van der Waals surface area contributed by atoms with Crippen LogP contribution in [0.2, 0.25) is 0 Å². The second-order valence-corrected chi connectivity index (χ2v) is 6.05. The molecule has 1 fully saturated rings. The van der Waals surface area contributed by atoms with Crippen molar-refractivity contribution in [2.75, 3.05) is 30.3 Å². The number of imidazole rings is 1. The van der Waals surface area contributed by atoms with Crippen LogP contribution in [-0.2, 0) is 0 Å². The molecule has 22 heavy (non-hydrogen) atoms. The van der Waals surface area contributed by atoms with Crippen LogP contribution in [0.15, 0.2) is 18.5 Å². The summed E-state index contributed by atoms with van der Waals surface area (Å²) in [5.41, 5.74) is 7.52. The molecule has 0 spiro atoms. The molecular formula is C15H20N6O. The summed E-state index contributed by atoms with van der Waals surface area (Å²) >= 11 is 0. The molecule has 2 aromatic rings. The molecule has 4 rings (SSSR count). The Balaban J connectivity index is 1.77. The van der Waals surface area contributed by atoms with Crippen LogP contribution in [0, 0.1) is 5.92 Å². The van der Waals surface area contributed by atoms with Gasteiger partial charge >= 0.3 is 0 Å². The number of allylic oxidation sites excluding steroid dienone is 1. The summed E-state index contributed by atoms with van der Waals surface area (Å²) in [5.74, 6) is 1.34. The number of hydrogen-bond acceptors (Lipinski definition) is 6. The number of aromatic nitrogens is 4. The van der Waals surface area contributed by atoms with E-state index in [1.807, 2.05) is 10.9 Å². The molecule has 116 valence electrons. The summed E-state index contributed by atoms with van der Waals surface area (Å²) in [7, 11) is 0. The first-order chi connectivity index (χ1) is 10.8. The molecule has 2 aliphatic rings. The van der Waals surface area contributed by atoms with Gasteiger partial charge in [0.1, 0.15) is 0 Å². The Kier molecular flexibility index (Phi) is 3.22. The molecule has 2 atom stereocenters. The lowest BCUT2D eigenvalue weighted by molar-refractivity contribution is 0.244. The van der Waals surface area contributed by atoms with Crippen LogP contribution >= 0.6 is 0 Å². The molecule has 1 aliphatic heterocycles. The van der Waals surface area contributed by atoms with Gasteiger partial charge in [-0.25, -0.2) is 4.98 Å². The minimum absolute atomic E-state index is 0.169. The summed E-state index contributed by atoms with van der Waals surface area (Å²) in [6.45, 7) is 2.17. The normalized spacial score (nSPS) is 24.7. The van der Waals surface area contributed by atoms with Gasteiger partial charge in [0.25, 0.3) is 0 Å². The van der Waals surface area contributed by atoms with E-state index in [1.54, 1.807) is 0 Å². The van der Waals surface area contributed by atoms with Gasteiger partial charge in [-0.3, -0.25) is 0 Å². The van der Waals surface area contributed by atoms with E-state index in [1.165, 1.54) is 12.8 Å². The summed E-state index contributed by atoms with van der Waals surface area (Å²) in [4.78, 5) is 15.6. The fraction of sp³-hybridized carbons (Fsp3) is 0.533. The second kappa shape index (κ2) is 5.24. The van der Waals surface area contributed by atoms with Crippen molar-refractivity contribution in [1.29, 1.82) is 0 Å². The standard InChI is InChI=1S/C15H20N6O/c16-15-18-13(20-5-1-2-6-20)12-14(19-15)21(9-17-12)11-4-3-10(7-11)8-22/h3-4,9-11,22H,1-2,5-8H2,(H2,16,18,19). The molecule has 1 saturated heterocycles. The number of anilines is 2. The maximum Gasteiger partial charge on any atom is 0.224 e. The highest BCUT2D eigenvalue weighted by molar-refractivity contribution is 5.85. The fourth-order valence-corrected chi connectivity index (χ4v) is 3.40. The molecule has 2 aromatic heterocycles. The van der Waals surface area contributed by atoms with Crippen molar-refractivity contribution in [3.8, 4) is 0 Å². The Hall–Kier alpha value is -2.15. The maximum atomic E-state index is 9.30. The number of nitrogen functional groups attached to an aromatic ring is 1. The van der Waals surface area contributed by atoms with Crippen LogP contribution in [0.1, 0.15) is 25.3 Å². The topological polar surface area (TPSA) is 93.1 Å². The Labute approximate surface area is 128 Å². The lowest BCUT2D eigenvalue weighted by atomic mass is 10.1. The quantitative estimate of drug-likeness (QED) is 0.825. The number of aliphatic hydroxyl groups excluding tert-OH is 1. The molecule has 1 aliphatic carbocycles. The maximum absolute atomic E-state index is 9.30. The van der Waals surface area contributed by atoms with Gasteiger partial charge < -0.3 is 20.3 Å². The molecule has 3 N–H and O–H groups in total. The van der Waals surface area contributed by atoms with Crippen LogP contribution < -0.4 is 10.6 Å². The lowest BCUT2D eigenvalue weighted by Crippen LogP contribution is -2.20. The molecule has 3 heterocycles. The Morgan fingerprint density at radius 1 is 1.23 bits per heavy atom. The summed E-state index contributed by atoms with van der Waals surface area (Å²) in [6, 6.07) is 0.169. The van der Waals surface area contributed by atoms with Gasteiger partial charge in [0.2, 0.25) is 5.95 Å². The van der Waals surface area contributed by atoms with Gasteiger partial charge in [0.05, 0.1) is 12.4 Å². The zero-order valence-electron chi connectivity index (χ0n) is 12.4. The molecule has 2 unspecified atom stereocenters. The fourth-order valence-electron chi connectivity index (χ4n) is 3.40. The van der Waals surface area contributed by atoms with Crippen LogP contribution in [0.4, 0.5) is 11.8 Å². The molecule has 7 heteroatoms. The van der Waals surface area contributed by atoms with Crippen molar-refractivity contribution < 1.29 is 5.11 Å². The van der Waals surface area contributed by atoms with E-state index in [-0.39, 0.29) is 24.5 Å². The van der Waals surface area contributed by atoms with Crippen molar-refractivity contribution in [3.63, 3.8) is 0 Å². The number of hydrogen-bond donors (Lipinski definition) is 2. The van der Waals surface area contributed by atoms with Crippen LogP contribution in [0.5, 0.6) is 0 Å². The monoisotopic (exact) mass is 300 g/mol. The second-order valence-electron chi connectivity index (χ2n) is 6.05. The Bertz CT molecular complexity index is 718. The van der Waals surface area contributed by atoms with Crippen molar-refractivity contribution in [1.82, 2.24) is 19.5 Å². The summed E-state index contributed by atoms with van der Waals surface area (Å²) in [5, 5.41) is 9.30. The molecule has 0 aromatic carbocycles. The van der Waals surface area contributed by atoms with Gasteiger partial charge in [-0.15, -0.1) is 0 Å². The summed E-state index contributed by atoms with van der Waals surface area (Å²) in [6.07, 6.45) is 9.20. The average Bonchev–Trinajstić information content (AvgIpc) is 3.25. The molecule has 0 bridgehead atoms. The number of rotatable bonds is 3. The first-order valence-corrected chi connectivity index (χ1v) is 7.80. The zero-order valence-corrected chi connectivity index (χ0v) is 12.4. The average molecular weight is 300 g/mol. The molecule has 0 saturated carbocycles. The van der Waals surface area contributed by atoms with Crippen molar-refractivity contribution in [3.05, 3.63) is 18.5 Å². The van der Waals surface area contributed by atoms with E-state index in [0.717, 1.165) is 36.5 Å². The number of nitrogens with zero attached hydrogens (tertiary/aromatic N) is 5. The van der Waals surface area contributed by atoms with Crippen molar-refractivity contribution in [2.45, 2.75) is 25.3 Å². The molecule has 0 radical (unpaired) electrons. The SMILES string of the molecule is Nc1nc(N2CCCC2)c2ncn(C3C=CC(CO)C3)c2n1.